The molecule has 2 nitrogen and oxygen atoms in total. The maximum absolute atomic E-state index is 2.12. The van der Waals surface area contributed by atoms with Gasteiger partial charge in [0.25, 0.3) is 0 Å². The van der Waals surface area contributed by atoms with Crippen LogP contribution in [0.1, 0.15) is 0 Å². The second-order valence-electron chi connectivity index (χ2n) is 3.45. The minimum atomic E-state index is 1.23. The first-order valence-electron chi connectivity index (χ1n) is 4.68. The largest absolute Gasteiger partial charge is 0.218 e. The van der Waals surface area contributed by atoms with Gasteiger partial charge in [-0.2, -0.15) is 0 Å². The maximum Gasteiger partial charge on any atom is 0.218 e. The Morgan fingerprint density at radius 3 is 2.50 bits per heavy atom. The zero-order chi connectivity index (χ0) is 9.97. The summed E-state index contributed by atoms with van der Waals surface area (Å²) in [6.45, 7) is 0. The minimum Gasteiger partial charge on any atom is -0.207 e. The molecule has 70 valence electrons. The highest BCUT2D eigenvalue weighted by molar-refractivity contribution is 5.52. The average molecular weight is 186 g/mol. The molecule has 2 heterocycles. The van der Waals surface area contributed by atoms with Crippen molar-refractivity contribution in [2.45, 2.75) is 0 Å². The van der Waals surface area contributed by atoms with Gasteiger partial charge in [-0.1, -0.05) is 0 Å². The lowest BCUT2D eigenvalue weighted by Gasteiger charge is -1.97. The van der Waals surface area contributed by atoms with E-state index in [1.807, 2.05) is 19.3 Å². The van der Waals surface area contributed by atoms with E-state index in [1.54, 1.807) is 0 Å². The number of pyridine rings is 2. The fourth-order valence-electron chi connectivity index (χ4n) is 1.56. The summed E-state index contributed by atoms with van der Waals surface area (Å²) in [5, 5.41) is 0. The molecule has 0 bridgehead atoms. The summed E-state index contributed by atoms with van der Waals surface area (Å²) in [5.41, 5.74) is 2.46. The van der Waals surface area contributed by atoms with Crippen LogP contribution in [0.15, 0.2) is 48.9 Å². The molecule has 0 aliphatic rings. The third kappa shape index (κ3) is 1.64. The molecule has 0 saturated carbocycles. The third-order valence-corrected chi connectivity index (χ3v) is 2.29. The third-order valence-electron chi connectivity index (χ3n) is 2.29. The molecular formula is C12H14N2+2. The lowest BCUT2D eigenvalue weighted by Crippen LogP contribution is -2.32. The van der Waals surface area contributed by atoms with Gasteiger partial charge >= 0.3 is 0 Å². The lowest BCUT2D eigenvalue weighted by molar-refractivity contribution is -0.674. The SMILES string of the molecule is C[n+]1cccc(-c2cccc[n+]2C)c1. The van der Waals surface area contributed by atoms with Crippen molar-refractivity contribution in [3.63, 3.8) is 0 Å². The molecule has 2 heteroatoms. The number of hydrogen-bond acceptors (Lipinski definition) is 0. The van der Waals surface area contributed by atoms with Crippen LogP contribution in [0.4, 0.5) is 0 Å². The highest BCUT2D eigenvalue weighted by atomic mass is 14.9. The standard InChI is InChI=1S/C12H14N2/c1-13-8-5-6-11(10-13)12-7-3-4-9-14(12)2/h3-10H,1-2H3/q+2. The van der Waals surface area contributed by atoms with Crippen molar-refractivity contribution >= 4 is 0 Å². The van der Waals surface area contributed by atoms with Crippen LogP contribution in [-0.4, -0.2) is 0 Å². The van der Waals surface area contributed by atoms with Gasteiger partial charge in [0, 0.05) is 18.2 Å². The summed E-state index contributed by atoms with van der Waals surface area (Å²) in [6.07, 6.45) is 6.21. The maximum atomic E-state index is 2.12. The van der Waals surface area contributed by atoms with E-state index in [0.29, 0.717) is 0 Å². The monoisotopic (exact) mass is 186 g/mol. The van der Waals surface area contributed by atoms with Crippen LogP contribution in [0.2, 0.25) is 0 Å². The van der Waals surface area contributed by atoms with Crippen molar-refractivity contribution in [2.24, 2.45) is 14.1 Å². The molecule has 0 aliphatic carbocycles. The normalized spacial score (nSPS) is 10.1. The van der Waals surface area contributed by atoms with Crippen molar-refractivity contribution in [1.29, 1.82) is 0 Å². The number of aromatic nitrogens is 2. The highest BCUT2D eigenvalue weighted by Gasteiger charge is 2.10. The molecule has 14 heavy (non-hydrogen) atoms. The fraction of sp³-hybridized carbons (Fsp3) is 0.167. The van der Waals surface area contributed by atoms with E-state index >= 15 is 0 Å². The summed E-state index contributed by atoms with van der Waals surface area (Å²) in [5.74, 6) is 0. The van der Waals surface area contributed by atoms with Gasteiger partial charge < -0.3 is 0 Å². The number of rotatable bonds is 1. The zero-order valence-electron chi connectivity index (χ0n) is 8.51. The molecule has 0 amide bonds. The molecule has 0 spiro atoms. The summed E-state index contributed by atoms with van der Waals surface area (Å²) < 4.78 is 4.18. The van der Waals surface area contributed by atoms with Gasteiger partial charge in [0.2, 0.25) is 5.69 Å². The van der Waals surface area contributed by atoms with E-state index in [2.05, 4.69) is 52.8 Å². The number of aryl methyl sites for hydroxylation is 2. The van der Waals surface area contributed by atoms with Gasteiger partial charge in [0.05, 0.1) is 0 Å². The molecule has 0 atom stereocenters. The minimum absolute atomic E-state index is 1.23. The van der Waals surface area contributed by atoms with E-state index in [-0.39, 0.29) is 0 Å². The molecule has 0 fully saturated rings. The Morgan fingerprint density at radius 2 is 1.79 bits per heavy atom. The summed E-state index contributed by atoms with van der Waals surface area (Å²) in [4.78, 5) is 0. The van der Waals surface area contributed by atoms with E-state index in [1.165, 1.54) is 11.3 Å². The Bertz CT molecular complexity index is 450. The van der Waals surface area contributed by atoms with E-state index in [4.69, 9.17) is 0 Å². The summed E-state index contributed by atoms with van der Waals surface area (Å²) in [6, 6.07) is 10.4. The second-order valence-corrected chi connectivity index (χ2v) is 3.45. The van der Waals surface area contributed by atoms with Crippen molar-refractivity contribution in [3.8, 4) is 11.3 Å². The smallest absolute Gasteiger partial charge is 0.207 e. The van der Waals surface area contributed by atoms with E-state index in [9.17, 15) is 0 Å². The zero-order valence-corrected chi connectivity index (χ0v) is 8.51. The predicted octanol–water partition coefficient (Wildman–Crippen LogP) is 1.00. The molecule has 0 unspecified atom stereocenters. The van der Waals surface area contributed by atoms with Gasteiger partial charge in [-0.3, -0.25) is 0 Å². The van der Waals surface area contributed by atoms with Crippen LogP contribution in [0.3, 0.4) is 0 Å². The van der Waals surface area contributed by atoms with Gasteiger partial charge in [-0.25, -0.2) is 9.13 Å². The van der Waals surface area contributed by atoms with Crippen LogP contribution in [0, 0.1) is 0 Å². The first kappa shape index (κ1) is 8.88. The molecule has 0 aliphatic heterocycles. The van der Waals surface area contributed by atoms with Gasteiger partial charge in [0.1, 0.15) is 19.7 Å². The molecule has 2 aromatic heterocycles. The second kappa shape index (κ2) is 3.58. The van der Waals surface area contributed by atoms with Gasteiger partial charge in [0.15, 0.2) is 18.6 Å². The van der Waals surface area contributed by atoms with Crippen molar-refractivity contribution in [3.05, 3.63) is 48.9 Å². The Hall–Kier alpha value is -1.70. The van der Waals surface area contributed by atoms with Crippen molar-refractivity contribution in [2.75, 3.05) is 0 Å². The van der Waals surface area contributed by atoms with Gasteiger partial charge in [-0.15, -0.1) is 0 Å². The number of nitrogens with zero attached hydrogens (tertiary/aromatic N) is 2. The molecular weight excluding hydrogens is 172 g/mol. The van der Waals surface area contributed by atoms with Crippen LogP contribution < -0.4 is 9.13 Å². The first-order valence-corrected chi connectivity index (χ1v) is 4.68. The molecule has 0 saturated heterocycles. The van der Waals surface area contributed by atoms with E-state index < -0.39 is 0 Å². The van der Waals surface area contributed by atoms with E-state index in [0.717, 1.165) is 0 Å². The Labute approximate surface area is 84.1 Å². The van der Waals surface area contributed by atoms with Crippen LogP contribution in [0.25, 0.3) is 11.3 Å². The Kier molecular flexibility index (Phi) is 2.27. The average Bonchev–Trinajstić information content (AvgIpc) is 2.18. The quantitative estimate of drug-likeness (QED) is 0.587. The van der Waals surface area contributed by atoms with Crippen LogP contribution >= 0.6 is 0 Å². The fourth-order valence-corrected chi connectivity index (χ4v) is 1.56. The molecule has 0 radical (unpaired) electrons. The topological polar surface area (TPSA) is 7.76 Å². The van der Waals surface area contributed by atoms with Crippen molar-refractivity contribution < 1.29 is 9.13 Å². The summed E-state index contributed by atoms with van der Waals surface area (Å²) >= 11 is 0. The predicted molar refractivity (Wildman–Crippen MR) is 54.2 cm³/mol. The molecule has 0 aromatic carbocycles. The van der Waals surface area contributed by atoms with Crippen LogP contribution in [0.5, 0.6) is 0 Å². The first-order chi connectivity index (χ1) is 6.77. The Morgan fingerprint density at radius 1 is 0.929 bits per heavy atom. The lowest BCUT2D eigenvalue weighted by atomic mass is 10.2. The van der Waals surface area contributed by atoms with Gasteiger partial charge in [-0.05, 0) is 12.1 Å². The Balaban J connectivity index is 2.55. The molecule has 2 aromatic rings. The van der Waals surface area contributed by atoms with Crippen LogP contribution in [-0.2, 0) is 14.1 Å². The van der Waals surface area contributed by atoms with Crippen molar-refractivity contribution in [1.82, 2.24) is 0 Å². The molecule has 2 rings (SSSR count). The molecule has 0 N–H and O–H groups in total. The summed E-state index contributed by atoms with van der Waals surface area (Å²) in [7, 11) is 4.09. The highest BCUT2D eigenvalue weighted by Crippen LogP contribution is 2.10. The number of hydrogen-bond donors (Lipinski definition) is 0.